The standard InChI is InChI=1S/C28H25N5O2/c1-19(34)15-32-18-30-27-24(12-23-11-20-7-5-6-8-21(20)14-29-23)31-26(13-25(27)32)33-16-28(35,17-33)22-9-3-2-4-10-22/h2-10,12-14,18,34-35H,1,11,15-17H2. The van der Waals surface area contributed by atoms with Crippen LogP contribution in [0.25, 0.3) is 17.1 Å². The maximum Gasteiger partial charge on any atom is 0.131 e. The summed E-state index contributed by atoms with van der Waals surface area (Å²) in [5.41, 5.74) is 5.52. The molecule has 174 valence electrons. The fourth-order valence-corrected chi connectivity index (χ4v) is 4.80. The van der Waals surface area contributed by atoms with E-state index in [9.17, 15) is 10.2 Å². The smallest absolute Gasteiger partial charge is 0.131 e. The summed E-state index contributed by atoms with van der Waals surface area (Å²) in [7, 11) is 0. The van der Waals surface area contributed by atoms with Crippen LogP contribution in [0.3, 0.4) is 0 Å². The molecule has 2 aromatic heterocycles. The zero-order valence-electron chi connectivity index (χ0n) is 19.2. The van der Waals surface area contributed by atoms with Gasteiger partial charge in [0.05, 0.1) is 37.2 Å². The molecule has 0 atom stereocenters. The molecule has 0 bridgehead atoms. The fourth-order valence-electron chi connectivity index (χ4n) is 4.80. The Labute approximate surface area is 203 Å². The number of aliphatic imine (C=N–C) groups is 1. The average molecular weight is 464 g/mol. The quantitative estimate of drug-likeness (QED) is 0.433. The van der Waals surface area contributed by atoms with Crippen LogP contribution in [0, 0.1) is 0 Å². The van der Waals surface area contributed by atoms with E-state index in [0.29, 0.717) is 25.2 Å². The second-order valence-electron chi connectivity index (χ2n) is 9.20. The van der Waals surface area contributed by atoms with E-state index >= 15 is 0 Å². The van der Waals surface area contributed by atoms with Crippen LogP contribution < -0.4 is 4.90 Å². The predicted octanol–water partition coefficient (Wildman–Crippen LogP) is 4.23. The monoisotopic (exact) mass is 463 g/mol. The Balaban J connectivity index is 1.38. The van der Waals surface area contributed by atoms with Crippen LogP contribution in [-0.2, 0) is 18.6 Å². The molecule has 0 spiro atoms. The number of fused-ring (bicyclic) bond motifs is 2. The summed E-state index contributed by atoms with van der Waals surface area (Å²) in [4.78, 5) is 16.2. The molecule has 0 saturated carbocycles. The molecule has 0 amide bonds. The number of benzene rings is 2. The minimum absolute atomic E-state index is 0.0541. The van der Waals surface area contributed by atoms with Gasteiger partial charge in [-0.1, -0.05) is 61.2 Å². The number of imidazole rings is 1. The highest BCUT2D eigenvalue weighted by Crippen LogP contribution is 2.36. The third-order valence-electron chi connectivity index (χ3n) is 6.61. The van der Waals surface area contributed by atoms with Crippen molar-refractivity contribution in [2.75, 3.05) is 18.0 Å². The number of pyridine rings is 1. The van der Waals surface area contributed by atoms with Crippen LogP contribution in [0.15, 0.2) is 90.0 Å². The lowest BCUT2D eigenvalue weighted by Gasteiger charge is -2.47. The Hall–Kier alpha value is -4.23. The van der Waals surface area contributed by atoms with Gasteiger partial charge in [0.2, 0.25) is 0 Å². The molecule has 7 heteroatoms. The summed E-state index contributed by atoms with van der Waals surface area (Å²) in [6.07, 6.45) is 6.27. The van der Waals surface area contributed by atoms with E-state index in [0.717, 1.165) is 33.7 Å². The highest BCUT2D eigenvalue weighted by molar-refractivity contribution is 5.89. The molecule has 0 aliphatic carbocycles. The van der Waals surface area contributed by atoms with Crippen molar-refractivity contribution in [1.82, 2.24) is 14.5 Å². The molecule has 0 radical (unpaired) electrons. The third kappa shape index (κ3) is 3.90. The molecule has 6 rings (SSSR count). The lowest BCUT2D eigenvalue weighted by Crippen LogP contribution is -2.59. The van der Waals surface area contributed by atoms with Crippen molar-refractivity contribution in [3.05, 3.63) is 107 Å². The van der Waals surface area contributed by atoms with Crippen molar-refractivity contribution in [3.63, 3.8) is 0 Å². The Morgan fingerprint density at radius 2 is 1.86 bits per heavy atom. The number of aliphatic hydroxyl groups excluding tert-OH is 1. The SMILES string of the molecule is C=C(O)Cn1cnc2c(C=C3Cc4ccccc4C=N3)nc(N3CC(O)(c4ccccc4)C3)cc21. The summed E-state index contributed by atoms with van der Waals surface area (Å²) in [6.45, 7) is 4.76. The topological polar surface area (TPSA) is 86.8 Å². The van der Waals surface area contributed by atoms with Gasteiger partial charge in [-0.2, -0.15) is 0 Å². The molecule has 7 nitrogen and oxygen atoms in total. The van der Waals surface area contributed by atoms with Gasteiger partial charge in [0.1, 0.15) is 22.7 Å². The summed E-state index contributed by atoms with van der Waals surface area (Å²) in [5, 5.41) is 20.9. The normalized spacial score (nSPS) is 17.4. The van der Waals surface area contributed by atoms with Gasteiger partial charge in [-0.25, -0.2) is 9.97 Å². The van der Waals surface area contributed by atoms with Gasteiger partial charge in [-0.15, -0.1) is 0 Å². The van der Waals surface area contributed by atoms with E-state index in [2.05, 4.69) is 33.6 Å². The number of aromatic nitrogens is 3. The van der Waals surface area contributed by atoms with Crippen LogP contribution in [-0.4, -0.2) is 44.1 Å². The van der Waals surface area contributed by atoms with E-state index in [-0.39, 0.29) is 12.3 Å². The second-order valence-corrected chi connectivity index (χ2v) is 9.20. The largest absolute Gasteiger partial charge is 0.511 e. The molecule has 1 saturated heterocycles. The van der Waals surface area contributed by atoms with Crippen LogP contribution >= 0.6 is 0 Å². The highest BCUT2D eigenvalue weighted by atomic mass is 16.3. The fraction of sp³-hybridized carbons (Fsp3) is 0.179. The van der Waals surface area contributed by atoms with Gasteiger partial charge in [-0.05, 0) is 22.8 Å². The first kappa shape index (κ1) is 21.3. The predicted molar refractivity (Wildman–Crippen MR) is 138 cm³/mol. The molecular weight excluding hydrogens is 438 g/mol. The maximum atomic E-state index is 11.1. The Morgan fingerprint density at radius 3 is 2.66 bits per heavy atom. The van der Waals surface area contributed by atoms with Gasteiger partial charge in [0.25, 0.3) is 0 Å². The van der Waals surface area contributed by atoms with Crippen LogP contribution in [0.1, 0.15) is 22.4 Å². The molecule has 2 N–H and O–H groups in total. The van der Waals surface area contributed by atoms with Gasteiger partial charge < -0.3 is 19.7 Å². The van der Waals surface area contributed by atoms with Crippen molar-refractivity contribution < 1.29 is 10.2 Å². The molecule has 35 heavy (non-hydrogen) atoms. The summed E-state index contributed by atoms with van der Waals surface area (Å²) >= 11 is 0. The number of anilines is 1. The molecule has 4 aromatic rings. The second kappa shape index (κ2) is 8.21. The zero-order chi connectivity index (χ0) is 24.0. The van der Waals surface area contributed by atoms with E-state index < -0.39 is 5.60 Å². The van der Waals surface area contributed by atoms with Crippen LogP contribution in [0.5, 0.6) is 0 Å². The average Bonchev–Trinajstić information content (AvgIpc) is 3.24. The first-order chi connectivity index (χ1) is 17.0. The Morgan fingerprint density at radius 1 is 1.09 bits per heavy atom. The summed E-state index contributed by atoms with van der Waals surface area (Å²) in [6, 6.07) is 19.9. The highest BCUT2D eigenvalue weighted by Gasteiger charge is 2.43. The van der Waals surface area contributed by atoms with Crippen LogP contribution in [0.4, 0.5) is 5.82 Å². The van der Waals surface area contributed by atoms with Crippen molar-refractivity contribution >= 4 is 29.1 Å². The number of rotatable bonds is 5. The van der Waals surface area contributed by atoms with E-state index in [4.69, 9.17) is 4.98 Å². The first-order valence-electron chi connectivity index (χ1n) is 11.6. The van der Waals surface area contributed by atoms with Crippen LogP contribution in [0.2, 0.25) is 0 Å². The maximum absolute atomic E-state index is 11.1. The van der Waals surface area contributed by atoms with E-state index in [1.165, 1.54) is 5.56 Å². The molecular formula is C28H25N5O2. The van der Waals surface area contributed by atoms with Gasteiger partial charge in [0.15, 0.2) is 0 Å². The number of hydrogen-bond acceptors (Lipinski definition) is 6. The Kier molecular flexibility index (Phi) is 5.00. The Bertz CT molecular complexity index is 1500. The van der Waals surface area contributed by atoms with Gasteiger partial charge in [-0.3, -0.25) is 4.99 Å². The number of aliphatic hydroxyl groups is 2. The first-order valence-corrected chi connectivity index (χ1v) is 11.6. The minimum Gasteiger partial charge on any atom is -0.511 e. The molecule has 1 fully saturated rings. The van der Waals surface area contributed by atoms with Gasteiger partial charge >= 0.3 is 0 Å². The number of β-amino-alcohol motifs (C(OH)–C–C–N with tert-alkyl or cyclic N) is 1. The lowest BCUT2D eigenvalue weighted by atomic mass is 9.86. The van der Waals surface area contributed by atoms with Gasteiger partial charge in [0, 0.05) is 24.4 Å². The summed E-state index contributed by atoms with van der Waals surface area (Å²) < 4.78 is 1.85. The van der Waals surface area contributed by atoms with Crippen molar-refractivity contribution in [3.8, 4) is 0 Å². The zero-order valence-corrected chi connectivity index (χ0v) is 19.2. The number of allylic oxidation sites excluding steroid dienone is 2. The van der Waals surface area contributed by atoms with Crippen molar-refractivity contribution in [1.29, 1.82) is 0 Å². The lowest BCUT2D eigenvalue weighted by molar-refractivity contribution is 0.00707. The molecule has 0 unspecified atom stereocenters. The number of hydrogen-bond donors (Lipinski definition) is 2. The van der Waals surface area contributed by atoms with E-state index in [1.54, 1.807) is 6.33 Å². The molecule has 2 aliphatic rings. The third-order valence-corrected chi connectivity index (χ3v) is 6.61. The van der Waals surface area contributed by atoms with Crippen molar-refractivity contribution in [2.24, 2.45) is 4.99 Å². The van der Waals surface area contributed by atoms with E-state index in [1.807, 2.05) is 65.4 Å². The molecule has 2 aromatic carbocycles. The number of nitrogens with zero attached hydrogens (tertiary/aromatic N) is 5. The summed E-state index contributed by atoms with van der Waals surface area (Å²) in [5.74, 6) is 0.800. The molecule has 4 heterocycles. The van der Waals surface area contributed by atoms with Crippen molar-refractivity contribution in [2.45, 2.75) is 18.6 Å². The molecule has 2 aliphatic heterocycles. The minimum atomic E-state index is -0.909.